The van der Waals surface area contributed by atoms with Crippen LogP contribution in [0.5, 0.6) is 0 Å². The van der Waals surface area contributed by atoms with Crippen molar-refractivity contribution in [2.45, 2.75) is 69.5 Å². The van der Waals surface area contributed by atoms with Crippen molar-refractivity contribution in [3.8, 4) is 0 Å². The van der Waals surface area contributed by atoms with E-state index >= 15 is 0 Å². The van der Waals surface area contributed by atoms with E-state index in [2.05, 4.69) is 18.7 Å². The van der Waals surface area contributed by atoms with Gasteiger partial charge in [0.1, 0.15) is 5.82 Å². The Bertz CT molecular complexity index is 701. The van der Waals surface area contributed by atoms with Gasteiger partial charge >= 0.3 is 5.97 Å². The number of carbonyl (C=O) groups excluding carboxylic acids is 1. The minimum atomic E-state index is -0.435. The standard InChI is InChI=1S/C24H36FNO4S/c1-3-5-6-19(4-2)18-28-23(27)7-14-31-22-16-20(25)15-21(17-22)26-10-8-24(9-11-26)29-12-13-30-24/h15-17,19H,3-14,18H2,1-2H3. The summed E-state index contributed by atoms with van der Waals surface area (Å²) < 4.78 is 31.2. The highest BCUT2D eigenvalue weighted by atomic mass is 32.2. The molecule has 31 heavy (non-hydrogen) atoms. The summed E-state index contributed by atoms with van der Waals surface area (Å²) in [6.07, 6.45) is 6.38. The number of carbonyl (C=O) groups is 1. The molecule has 0 saturated carbocycles. The number of thioether (sulfide) groups is 1. The van der Waals surface area contributed by atoms with Crippen molar-refractivity contribution in [2.75, 3.05) is 43.6 Å². The van der Waals surface area contributed by atoms with Gasteiger partial charge in [0.05, 0.1) is 26.2 Å². The Hall–Kier alpha value is -1.31. The Balaban J connectivity index is 1.43. The first kappa shape index (κ1) is 24.3. The number of anilines is 1. The summed E-state index contributed by atoms with van der Waals surface area (Å²) in [5.41, 5.74) is 0.875. The monoisotopic (exact) mass is 453 g/mol. The Kier molecular flexibility index (Phi) is 9.48. The molecule has 3 rings (SSSR count). The zero-order chi connectivity index (χ0) is 22.1. The van der Waals surface area contributed by atoms with Gasteiger partial charge in [0.15, 0.2) is 5.79 Å². The molecule has 174 valence electrons. The van der Waals surface area contributed by atoms with E-state index in [1.165, 1.54) is 24.2 Å². The minimum Gasteiger partial charge on any atom is -0.465 e. The molecular weight excluding hydrogens is 417 g/mol. The first-order chi connectivity index (χ1) is 15.0. The van der Waals surface area contributed by atoms with Crippen molar-refractivity contribution in [1.29, 1.82) is 0 Å². The van der Waals surface area contributed by atoms with Crippen molar-refractivity contribution in [3.05, 3.63) is 24.0 Å². The maximum absolute atomic E-state index is 14.2. The fourth-order valence-electron chi connectivity index (χ4n) is 4.14. The lowest BCUT2D eigenvalue weighted by atomic mass is 10.0. The second-order valence-electron chi connectivity index (χ2n) is 8.44. The van der Waals surface area contributed by atoms with Gasteiger partial charge in [-0.05, 0) is 30.5 Å². The predicted molar refractivity (Wildman–Crippen MR) is 122 cm³/mol. The van der Waals surface area contributed by atoms with Gasteiger partial charge in [-0.2, -0.15) is 0 Å². The number of hydrogen-bond acceptors (Lipinski definition) is 6. The van der Waals surface area contributed by atoms with Crippen LogP contribution < -0.4 is 4.90 Å². The van der Waals surface area contributed by atoms with Crippen molar-refractivity contribution in [3.63, 3.8) is 0 Å². The zero-order valence-electron chi connectivity index (χ0n) is 18.9. The number of ether oxygens (including phenoxy) is 3. The van der Waals surface area contributed by atoms with E-state index < -0.39 is 5.79 Å². The molecule has 2 aliphatic heterocycles. The van der Waals surface area contributed by atoms with Gasteiger partial charge in [-0.1, -0.05) is 33.1 Å². The topological polar surface area (TPSA) is 48.0 Å². The summed E-state index contributed by atoms with van der Waals surface area (Å²) in [6, 6.07) is 5.12. The van der Waals surface area contributed by atoms with Crippen molar-refractivity contribution in [2.24, 2.45) is 5.92 Å². The SMILES string of the molecule is CCCCC(CC)COC(=O)CCSc1cc(F)cc(N2CCC3(CC2)OCCO3)c1. The number of hydrogen-bond donors (Lipinski definition) is 0. The molecule has 5 nitrogen and oxygen atoms in total. The molecule has 1 unspecified atom stereocenters. The molecule has 1 aromatic carbocycles. The normalized spacial score (nSPS) is 19.0. The van der Waals surface area contributed by atoms with E-state index in [0.717, 1.165) is 55.8 Å². The summed E-state index contributed by atoms with van der Waals surface area (Å²) in [6.45, 7) is 7.68. The first-order valence-electron chi connectivity index (χ1n) is 11.7. The van der Waals surface area contributed by atoms with Crippen LogP contribution in [0.15, 0.2) is 23.1 Å². The number of rotatable bonds is 11. The summed E-state index contributed by atoms with van der Waals surface area (Å²) in [4.78, 5) is 15.1. The van der Waals surface area contributed by atoms with E-state index in [9.17, 15) is 9.18 Å². The van der Waals surface area contributed by atoms with Gasteiger partial charge in [-0.15, -0.1) is 11.8 Å². The van der Waals surface area contributed by atoms with Crippen LogP contribution in [0.2, 0.25) is 0 Å². The molecular formula is C24H36FNO4S. The lowest BCUT2D eigenvalue weighted by Crippen LogP contribution is -2.45. The van der Waals surface area contributed by atoms with Crippen molar-refractivity contribution in [1.82, 2.24) is 0 Å². The highest BCUT2D eigenvalue weighted by Crippen LogP contribution is 2.34. The molecule has 0 bridgehead atoms. The molecule has 2 fully saturated rings. The largest absolute Gasteiger partial charge is 0.465 e. The van der Waals surface area contributed by atoms with E-state index in [1.54, 1.807) is 6.07 Å². The number of esters is 1. The molecule has 1 spiro atoms. The second kappa shape index (κ2) is 12.1. The predicted octanol–water partition coefficient (Wildman–Crippen LogP) is 5.41. The van der Waals surface area contributed by atoms with Crippen LogP contribution in [0, 0.1) is 11.7 Å². The molecule has 0 radical (unpaired) electrons. The average Bonchev–Trinajstić information content (AvgIpc) is 3.22. The van der Waals surface area contributed by atoms with E-state index in [1.807, 2.05) is 6.07 Å². The zero-order valence-corrected chi connectivity index (χ0v) is 19.7. The van der Waals surface area contributed by atoms with E-state index in [0.29, 0.717) is 37.9 Å². The van der Waals surface area contributed by atoms with E-state index in [-0.39, 0.29) is 11.8 Å². The van der Waals surface area contributed by atoms with Gasteiger partial charge in [-0.3, -0.25) is 4.79 Å². The van der Waals surface area contributed by atoms with Crippen LogP contribution in [0.3, 0.4) is 0 Å². The molecule has 2 saturated heterocycles. The van der Waals surface area contributed by atoms with Gasteiger partial charge in [0, 0.05) is 42.3 Å². The number of piperidine rings is 1. The third-order valence-corrected chi connectivity index (χ3v) is 7.14. The second-order valence-corrected chi connectivity index (χ2v) is 9.61. The summed E-state index contributed by atoms with van der Waals surface area (Å²) in [5.74, 6) is 0.175. The Morgan fingerprint density at radius 2 is 1.97 bits per heavy atom. The Morgan fingerprint density at radius 1 is 1.23 bits per heavy atom. The van der Waals surface area contributed by atoms with Gasteiger partial charge in [0.25, 0.3) is 0 Å². The minimum absolute atomic E-state index is 0.169. The summed E-state index contributed by atoms with van der Waals surface area (Å²) >= 11 is 1.50. The molecule has 2 aliphatic rings. The van der Waals surface area contributed by atoms with Crippen LogP contribution in [0.1, 0.15) is 58.8 Å². The molecule has 2 heterocycles. The van der Waals surface area contributed by atoms with E-state index in [4.69, 9.17) is 14.2 Å². The fourth-order valence-corrected chi connectivity index (χ4v) is 5.04. The third-order valence-electron chi connectivity index (χ3n) is 6.16. The molecule has 1 aromatic rings. The molecule has 7 heteroatoms. The Morgan fingerprint density at radius 3 is 2.65 bits per heavy atom. The van der Waals surface area contributed by atoms with Gasteiger partial charge in [0.2, 0.25) is 0 Å². The highest BCUT2D eigenvalue weighted by Gasteiger charge is 2.39. The highest BCUT2D eigenvalue weighted by molar-refractivity contribution is 7.99. The number of nitrogens with zero attached hydrogens (tertiary/aromatic N) is 1. The fraction of sp³-hybridized carbons (Fsp3) is 0.708. The maximum Gasteiger partial charge on any atom is 0.306 e. The summed E-state index contributed by atoms with van der Waals surface area (Å²) in [5, 5.41) is 0. The van der Waals surface area contributed by atoms with Crippen molar-refractivity contribution < 1.29 is 23.4 Å². The van der Waals surface area contributed by atoms with Crippen LogP contribution in [-0.2, 0) is 19.0 Å². The lowest BCUT2D eigenvalue weighted by molar-refractivity contribution is -0.169. The molecule has 1 atom stereocenters. The third kappa shape index (κ3) is 7.36. The van der Waals surface area contributed by atoms with Gasteiger partial charge < -0.3 is 19.1 Å². The average molecular weight is 454 g/mol. The molecule has 0 aromatic heterocycles. The molecule has 0 aliphatic carbocycles. The van der Waals surface area contributed by atoms with Crippen LogP contribution in [0.25, 0.3) is 0 Å². The summed E-state index contributed by atoms with van der Waals surface area (Å²) in [7, 11) is 0. The van der Waals surface area contributed by atoms with Crippen molar-refractivity contribution >= 4 is 23.4 Å². The molecule has 0 N–H and O–H groups in total. The lowest BCUT2D eigenvalue weighted by Gasteiger charge is -2.38. The molecule has 0 amide bonds. The Labute approximate surface area is 190 Å². The maximum atomic E-state index is 14.2. The van der Waals surface area contributed by atoms with Gasteiger partial charge in [-0.25, -0.2) is 4.39 Å². The number of unbranched alkanes of at least 4 members (excludes halogenated alkanes) is 1. The van der Waals surface area contributed by atoms with Crippen LogP contribution in [0.4, 0.5) is 10.1 Å². The quantitative estimate of drug-likeness (QED) is 0.330. The number of halogens is 1. The van der Waals surface area contributed by atoms with Crippen LogP contribution in [-0.4, -0.2) is 50.4 Å². The first-order valence-corrected chi connectivity index (χ1v) is 12.6. The number of benzene rings is 1. The smallest absolute Gasteiger partial charge is 0.306 e. The van der Waals surface area contributed by atoms with Crippen LogP contribution >= 0.6 is 11.8 Å².